The molecule has 1 unspecified atom stereocenters. The van der Waals surface area contributed by atoms with Crippen molar-refractivity contribution in [1.82, 2.24) is 5.32 Å². The van der Waals surface area contributed by atoms with Gasteiger partial charge in [0.25, 0.3) is 0 Å². The van der Waals surface area contributed by atoms with Crippen LogP contribution in [0.25, 0.3) is 0 Å². The van der Waals surface area contributed by atoms with Crippen LogP contribution in [-0.2, 0) is 4.74 Å². The van der Waals surface area contributed by atoms with Crippen LogP contribution in [0.15, 0.2) is 0 Å². The number of nitrogens with one attached hydrogen (secondary N) is 1. The molecule has 18 heavy (non-hydrogen) atoms. The zero-order valence-corrected chi connectivity index (χ0v) is 12.5. The summed E-state index contributed by atoms with van der Waals surface area (Å²) in [6.45, 7) is 6.79. The van der Waals surface area contributed by atoms with E-state index in [1.165, 1.54) is 25.0 Å². The minimum atomic E-state index is -0.335. The molecule has 0 aliphatic carbocycles. The Labute approximate surface area is 116 Å². The third-order valence-corrected chi connectivity index (χ3v) is 4.87. The Kier molecular flexibility index (Phi) is 7.73. The van der Waals surface area contributed by atoms with Crippen molar-refractivity contribution >= 4 is 11.8 Å². The van der Waals surface area contributed by atoms with Crippen molar-refractivity contribution in [3.05, 3.63) is 0 Å². The van der Waals surface area contributed by atoms with E-state index in [-0.39, 0.29) is 5.54 Å². The topological polar surface area (TPSA) is 45.0 Å². The minimum Gasteiger partial charge on any atom is -0.381 e. The van der Waals surface area contributed by atoms with Crippen LogP contribution >= 0.6 is 11.8 Å². The van der Waals surface area contributed by atoms with Gasteiger partial charge in [-0.25, -0.2) is 0 Å². The van der Waals surface area contributed by atoms with Crippen molar-refractivity contribution in [2.75, 3.05) is 25.5 Å². The Morgan fingerprint density at radius 1 is 1.39 bits per heavy atom. The smallest absolute Gasteiger partial charge is 0.103 e. The molecule has 0 saturated carbocycles. The molecule has 1 N–H and O–H groups in total. The summed E-state index contributed by atoms with van der Waals surface area (Å²) in [6, 6.07) is 2.39. The van der Waals surface area contributed by atoms with E-state index in [9.17, 15) is 0 Å². The maximum atomic E-state index is 9.15. The predicted molar refractivity (Wildman–Crippen MR) is 77.8 cm³/mol. The molecule has 1 heterocycles. The zero-order valence-electron chi connectivity index (χ0n) is 11.7. The lowest BCUT2D eigenvalue weighted by molar-refractivity contribution is 0.100. The predicted octanol–water partition coefficient (Wildman–Crippen LogP) is 2.96. The fraction of sp³-hybridized carbons (Fsp3) is 0.929. The van der Waals surface area contributed by atoms with Gasteiger partial charge in [-0.3, -0.25) is 5.32 Å². The van der Waals surface area contributed by atoms with Crippen LogP contribution in [0.5, 0.6) is 0 Å². The molecule has 1 fully saturated rings. The van der Waals surface area contributed by atoms with Gasteiger partial charge in [-0.05, 0) is 51.3 Å². The summed E-state index contributed by atoms with van der Waals surface area (Å²) in [5, 5.41) is 13.2. The summed E-state index contributed by atoms with van der Waals surface area (Å²) in [4.78, 5) is 0. The van der Waals surface area contributed by atoms with Crippen LogP contribution in [0.1, 0.15) is 46.0 Å². The lowest BCUT2D eigenvalue weighted by Gasteiger charge is -2.23. The molecule has 104 valence electrons. The summed E-state index contributed by atoms with van der Waals surface area (Å²) in [7, 11) is 0. The Bertz CT molecular complexity index is 261. The maximum absolute atomic E-state index is 9.15. The molecule has 0 spiro atoms. The first-order valence-corrected chi connectivity index (χ1v) is 8.10. The van der Waals surface area contributed by atoms with Gasteiger partial charge in [-0.2, -0.15) is 17.0 Å². The van der Waals surface area contributed by atoms with E-state index >= 15 is 0 Å². The second kappa shape index (κ2) is 8.79. The summed E-state index contributed by atoms with van der Waals surface area (Å²) in [5.41, 5.74) is -0.335. The number of unbranched alkanes of at least 4 members (excludes halogenated alkanes) is 1. The minimum absolute atomic E-state index is 0.335. The molecule has 1 aliphatic heterocycles. The van der Waals surface area contributed by atoms with Crippen molar-refractivity contribution in [3.63, 3.8) is 0 Å². The lowest BCUT2D eigenvalue weighted by atomic mass is 9.97. The highest BCUT2D eigenvalue weighted by molar-refractivity contribution is 7.99. The second-order valence-electron chi connectivity index (χ2n) is 5.11. The molecule has 0 amide bonds. The van der Waals surface area contributed by atoms with Gasteiger partial charge in [-0.1, -0.05) is 6.92 Å². The van der Waals surface area contributed by atoms with Crippen molar-refractivity contribution < 1.29 is 4.74 Å². The number of thioether (sulfide) groups is 1. The van der Waals surface area contributed by atoms with Crippen LogP contribution in [0.3, 0.4) is 0 Å². The zero-order chi connectivity index (χ0) is 13.3. The van der Waals surface area contributed by atoms with Gasteiger partial charge in [0, 0.05) is 18.5 Å². The Balaban J connectivity index is 2.05. The van der Waals surface area contributed by atoms with E-state index in [1.807, 2.05) is 6.92 Å². The first-order valence-electron chi connectivity index (χ1n) is 7.06. The number of hydrogen-bond acceptors (Lipinski definition) is 4. The molecule has 1 atom stereocenters. The maximum Gasteiger partial charge on any atom is 0.103 e. The van der Waals surface area contributed by atoms with Crippen LogP contribution < -0.4 is 5.32 Å². The fourth-order valence-electron chi connectivity index (χ4n) is 2.25. The van der Waals surface area contributed by atoms with Gasteiger partial charge < -0.3 is 4.74 Å². The molecule has 4 heteroatoms. The summed E-state index contributed by atoms with van der Waals surface area (Å²) in [6.07, 6.45) is 5.71. The Morgan fingerprint density at radius 2 is 2.11 bits per heavy atom. The lowest BCUT2D eigenvalue weighted by Crippen LogP contribution is -2.40. The van der Waals surface area contributed by atoms with Gasteiger partial charge in [0.1, 0.15) is 5.54 Å². The molecule has 0 bridgehead atoms. The van der Waals surface area contributed by atoms with E-state index in [1.54, 1.807) is 0 Å². The summed E-state index contributed by atoms with van der Waals surface area (Å²) >= 11 is 2.09. The molecule has 1 aliphatic rings. The Morgan fingerprint density at radius 3 is 2.72 bits per heavy atom. The highest BCUT2D eigenvalue weighted by Gasteiger charge is 2.21. The van der Waals surface area contributed by atoms with Crippen molar-refractivity contribution in [1.29, 1.82) is 5.26 Å². The Hall–Kier alpha value is -0.240. The molecule has 3 nitrogen and oxygen atoms in total. The number of rotatable bonds is 8. The first kappa shape index (κ1) is 15.8. The molecule has 0 radical (unpaired) electrons. The molecule has 1 rings (SSSR count). The molecule has 0 aromatic heterocycles. The third-order valence-electron chi connectivity index (χ3n) is 3.41. The number of ether oxygens (including phenoxy) is 1. The molecule has 0 aromatic carbocycles. The van der Waals surface area contributed by atoms with Crippen LogP contribution in [0.2, 0.25) is 0 Å². The van der Waals surface area contributed by atoms with Crippen LogP contribution in [-0.4, -0.2) is 36.3 Å². The van der Waals surface area contributed by atoms with Crippen LogP contribution in [0, 0.1) is 11.3 Å². The molecule has 0 aromatic rings. The molecular formula is C14H26N2OS. The average molecular weight is 270 g/mol. The standard InChI is InChI=1S/C14H26N2OS/c1-3-16-14(2,12-15)8-4-5-11-18-13-6-9-17-10-7-13/h13,16H,3-11H2,1-2H3. The SMILES string of the molecule is CCNC(C)(C#N)CCCCSC1CCOCC1. The van der Waals surface area contributed by atoms with E-state index in [0.717, 1.165) is 37.9 Å². The van der Waals surface area contributed by atoms with E-state index in [4.69, 9.17) is 10.00 Å². The van der Waals surface area contributed by atoms with Crippen molar-refractivity contribution in [2.45, 2.75) is 56.7 Å². The van der Waals surface area contributed by atoms with E-state index in [2.05, 4.69) is 30.1 Å². The molecule has 1 saturated heterocycles. The quantitative estimate of drug-likeness (QED) is 0.689. The second-order valence-corrected chi connectivity index (χ2v) is 6.52. The van der Waals surface area contributed by atoms with E-state index in [0.29, 0.717) is 0 Å². The number of hydrogen-bond donors (Lipinski definition) is 1. The highest BCUT2D eigenvalue weighted by Crippen LogP contribution is 2.23. The summed E-state index contributed by atoms with van der Waals surface area (Å²) < 4.78 is 5.36. The van der Waals surface area contributed by atoms with Gasteiger partial charge in [0.05, 0.1) is 6.07 Å². The van der Waals surface area contributed by atoms with Crippen molar-refractivity contribution in [2.24, 2.45) is 0 Å². The highest BCUT2D eigenvalue weighted by atomic mass is 32.2. The van der Waals surface area contributed by atoms with Gasteiger partial charge in [0.15, 0.2) is 0 Å². The first-order chi connectivity index (χ1) is 8.70. The molecular weight excluding hydrogens is 244 g/mol. The fourth-order valence-corrected chi connectivity index (χ4v) is 3.48. The van der Waals surface area contributed by atoms with Gasteiger partial charge in [0.2, 0.25) is 0 Å². The summed E-state index contributed by atoms with van der Waals surface area (Å²) in [5.74, 6) is 1.22. The number of nitriles is 1. The normalized spacial score (nSPS) is 20.3. The third kappa shape index (κ3) is 6.08. The van der Waals surface area contributed by atoms with Crippen molar-refractivity contribution in [3.8, 4) is 6.07 Å². The number of nitrogens with zero attached hydrogens (tertiary/aromatic N) is 1. The average Bonchev–Trinajstić information content (AvgIpc) is 2.40. The van der Waals surface area contributed by atoms with E-state index < -0.39 is 0 Å². The van der Waals surface area contributed by atoms with Crippen LogP contribution in [0.4, 0.5) is 0 Å². The van der Waals surface area contributed by atoms with Gasteiger partial charge >= 0.3 is 0 Å². The monoisotopic (exact) mass is 270 g/mol. The van der Waals surface area contributed by atoms with Gasteiger partial charge in [-0.15, -0.1) is 0 Å². The largest absolute Gasteiger partial charge is 0.381 e.